The fourth-order valence-electron chi connectivity index (χ4n) is 2.27. The van der Waals surface area contributed by atoms with Crippen LogP contribution >= 0.6 is 0 Å². The van der Waals surface area contributed by atoms with Gasteiger partial charge in [-0.3, -0.25) is 4.79 Å². The molecule has 1 aliphatic heterocycles. The first-order valence-electron chi connectivity index (χ1n) is 5.66. The van der Waals surface area contributed by atoms with E-state index in [4.69, 9.17) is 19.9 Å². The molecular weight excluding hydrogens is 234 g/mol. The lowest BCUT2D eigenvalue weighted by Gasteiger charge is -2.39. The second-order valence-corrected chi connectivity index (χ2v) is 4.41. The lowest BCUT2D eigenvalue weighted by Crippen LogP contribution is -2.56. The summed E-state index contributed by atoms with van der Waals surface area (Å²) in [7, 11) is 3.16. The van der Waals surface area contributed by atoms with E-state index < -0.39 is 11.3 Å². The molecule has 0 atom stereocenters. The second-order valence-electron chi connectivity index (χ2n) is 4.41. The molecule has 1 aliphatic rings. The average Bonchev–Trinajstić information content (AvgIpc) is 2.27. The van der Waals surface area contributed by atoms with Crippen LogP contribution in [0.3, 0.4) is 0 Å². The van der Waals surface area contributed by atoms with Crippen molar-refractivity contribution >= 4 is 5.91 Å². The first-order valence-corrected chi connectivity index (χ1v) is 5.66. The minimum atomic E-state index is -0.775. The van der Waals surface area contributed by atoms with Crippen molar-refractivity contribution in [1.82, 2.24) is 0 Å². The smallest absolute Gasteiger partial charge is 0.232 e. The number of rotatable bonds is 4. The third kappa shape index (κ3) is 1.62. The molecule has 1 amide bonds. The van der Waals surface area contributed by atoms with Crippen LogP contribution in [-0.2, 0) is 14.9 Å². The van der Waals surface area contributed by atoms with Gasteiger partial charge in [0.05, 0.1) is 27.4 Å². The van der Waals surface area contributed by atoms with Crippen molar-refractivity contribution in [2.24, 2.45) is 5.73 Å². The number of nitrogens with two attached hydrogens (primary N) is 1. The monoisotopic (exact) mass is 251 g/mol. The van der Waals surface area contributed by atoms with Gasteiger partial charge in [-0.1, -0.05) is 6.07 Å². The predicted molar refractivity (Wildman–Crippen MR) is 66.0 cm³/mol. The SMILES string of the molecule is COc1ccc(C2(C(N)=O)COC2)c(OC)c1C. The van der Waals surface area contributed by atoms with Crippen LogP contribution in [0.25, 0.3) is 0 Å². The maximum atomic E-state index is 11.7. The summed E-state index contributed by atoms with van der Waals surface area (Å²) < 4.78 is 15.8. The van der Waals surface area contributed by atoms with Crippen molar-refractivity contribution in [1.29, 1.82) is 0 Å². The van der Waals surface area contributed by atoms with Crippen LogP contribution in [0.15, 0.2) is 12.1 Å². The van der Waals surface area contributed by atoms with E-state index in [1.165, 1.54) is 0 Å². The number of hydrogen-bond donors (Lipinski definition) is 1. The highest BCUT2D eigenvalue weighted by molar-refractivity contribution is 5.89. The highest BCUT2D eigenvalue weighted by atomic mass is 16.5. The molecule has 0 spiro atoms. The van der Waals surface area contributed by atoms with Crippen molar-refractivity contribution in [3.05, 3.63) is 23.3 Å². The van der Waals surface area contributed by atoms with E-state index in [1.807, 2.05) is 19.1 Å². The Labute approximate surface area is 106 Å². The van der Waals surface area contributed by atoms with Crippen molar-refractivity contribution in [2.45, 2.75) is 12.3 Å². The zero-order valence-electron chi connectivity index (χ0n) is 10.8. The van der Waals surface area contributed by atoms with Crippen LogP contribution in [0.4, 0.5) is 0 Å². The molecule has 0 radical (unpaired) electrons. The molecule has 18 heavy (non-hydrogen) atoms. The van der Waals surface area contributed by atoms with E-state index in [2.05, 4.69) is 0 Å². The summed E-state index contributed by atoms with van der Waals surface area (Å²) in [6.45, 7) is 2.48. The highest BCUT2D eigenvalue weighted by Gasteiger charge is 2.48. The number of carbonyl (C=O) groups excluding carboxylic acids is 1. The van der Waals surface area contributed by atoms with Gasteiger partial charge in [-0.15, -0.1) is 0 Å². The second kappa shape index (κ2) is 4.49. The van der Waals surface area contributed by atoms with Crippen LogP contribution in [0.5, 0.6) is 11.5 Å². The minimum Gasteiger partial charge on any atom is -0.496 e. The lowest BCUT2D eigenvalue weighted by molar-refractivity contribution is -0.141. The molecule has 1 aromatic rings. The predicted octanol–water partition coefficient (Wildman–Crippen LogP) is 0.766. The average molecular weight is 251 g/mol. The molecule has 1 saturated heterocycles. The van der Waals surface area contributed by atoms with Gasteiger partial charge in [-0.2, -0.15) is 0 Å². The van der Waals surface area contributed by atoms with Gasteiger partial charge in [0.15, 0.2) is 0 Å². The van der Waals surface area contributed by atoms with E-state index in [0.29, 0.717) is 19.0 Å². The number of ether oxygens (including phenoxy) is 3. The molecule has 0 aromatic heterocycles. The summed E-state index contributed by atoms with van der Waals surface area (Å²) in [5.41, 5.74) is 6.35. The van der Waals surface area contributed by atoms with Gasteiger partial charge in [0.1, 0.15) is 16.9 Å². The Morgan fingerprint density at radius 1 is 1.33 bits per heavy atom. The normalized spacial score (nSPS) is 16.8. The zero-order valence-corrected chi connectivity index (χ0v) is 10.8. The Morgan fingerprint density at radius 2 is 2.00 bits per heavy atom. The van der Waals surface area contributed by atoms with Crippen LogP contribution in [-0.4, -0.2) is 33.3 Å². The van der Waals surface area contributed by atoms with Crippen LogP contribution in [0.1, 0.15) is 11.1 Å². The summed E-state index contributed by atoms with van der Waals surface area (Å²) in [5, 5.41) is 0. The topological polar surface area (TPSA) is 70.8 Å². The highest BCUT2D eigenvalue weighted by Crippen LogP contribution is 2.42. The fourth-order valence-corrected chi connectivity index (χ4v) is 2.27. The van der Waals surface area contributed by atoms with Crippen LogP contribution < -0.4 is 15.2 Å². The molecule has 2 rings (SSSR count). The van der Waals surface area contributed by atoms with Gasteiger partial charge < -0.3 is 19.9 Å². The maximum absolute atomic E-state index is 11.7. The molecule has 1 fully saturated rings. The van der Waals surface area contributed by atoms with E-state index in [-0.39, 0.29) is 0 Å². The summed E-state index contributed by atoms with van der Waals surface area (Å²) in [6, 6.07) is 3.63. The largest absolute Gasteiger partial charge is 0.496 e. The summed E-state index contributed by atoms with van der Waals surface area (Å²) >= 11 is 0. The van der Waals surface area contributed by atoms with Gasteiger partial charge >= 0.3 is 0 Å². The van der Waals surface area contributed by atoms with Crippen molar-refractivity contribution in [3.63, 3.8) is 0 Å². The van der Waals surface area contributed by atoms with Gasteiger partial charge in [-0.25, -0.2) is 0 Å². The molecule has 5 nitrogen and oxygen atoms in total. The van der Waals surface area contributed by atoms with Crippen molar-refractivity contribution in [3.8, 4) is 11.5 Å². The number of primary amides is 1. The first kappa shape index (κ1) is 12.7. The first-order chi connectivity index (χ1) is 8.56. The molecule has 2 N–H and O–H groups in total. The number of methoxy groups -OCH3 is 2. The lowest BCUT2D eigenvalue weighted by atomic mass is 9.76. The summed E-state index contributed by atoms with van der Waals surface area (Å²) in [5.74, 6) is 0.962. The molecule has 0 saturated carbocycles. The van der Waals surface area contributed by atoms with Crippen LogP contribution in [0.2, 0.25) is 0 Å². The van der Waals surface area contributed by atoms with E-state index in [1.54, 1.807) is 14.2 Å². The Kier molecular flexibility index (Phi) is 3.17. The quantitative estimate of drug-likeness (QED) is 0.857. The molecule has 0 bridgehead atoms. The fraction of sp³-hybridized carbons (Fsp3) is 0.462. The van der Waals surface area contributed by atoms with Crippen LogP contribution in [0, 0.1) is 6.92 Å². The molecule has 0 aliphatic carbocycles. The third-order valence-electron chi connectivity index (χ3n) is 3.46. The molecular formula is C13H17NO4. The summed E-state index contributed by atoms with van der Waals surface area (Å²) in [4.78, 5) is 11.7. The Bertz CT molecular complexity index is 480. The molecule has 5 heteroatoms. The number of carbonyl (C=O) groups is 1. The van der Waals surface area contributed by atoms with Gasteiger partial charge in [-0.05, 0) is 13.0 Å². The molecule has 1 heterocycles. The molecule has 0 unspecified atom stereocenters. The Hall–Kier alpha value is -1.75. The molecule has 1 aromatic carbocycles. The minimum absolute atomic E-state index is 0.296. The van der Waals surface area contributed by atoms with Gasteiger partial charge in [0.2, 0.25) is 5.91 Å². The third-order valence-corrected chi connectivity index (χ3v) is 3.46. The number of amides is 1. The maximum Gasteiger partial charge on any atom is 0.232 e. The van der Waals surface area contributed by atoms with Gasteiger partial charge in [0.25, 0.3) is 0 Å². The van der Waals surface area contributed by atoms with E-state index in [9.17, 15) is 4.79 Å². The molecule has 98 valence electrons. The number of hydrogen-bond acceptors (Lipinski definition) is 4. The Balaban J connectivity index is 2.57. The summed E-state index contributed by atoms with van der Waals surface area (Å²) in [6.07, 6.45) is 0. The van der Waals surface area contributed by atoms with E-state index >= 15 is 0 Å². The zero-order chi connectivity index (χ0) is 13.3. The van der Waals surface area contributed by atoms with Gasteiger partial charge in [0, 0.05) is 11.1 Å². The Morgan fingerprint density at radius 3 is 2.39 bits per heavy atom. The van der Waals surface area contributed by atoms with E-state index in [0.717, 1.165) is 16.9 Å². The standard InChI is InChI=1S/C13H17NO4/c1-8-10(16-2)5-4-9(11(8)17-3)13(12(14)15)6-18-7-13/h4-5H,6-7H2,1-3H3,(H2,14,15). The van der Waals surface area contributed by atoms with Crippen molar-refractivity contribution < 1.29 is 19.0 Å². The van der Waals surface area contributed by atoms with Crippen molar-refractivity contribution in [2.75, 3.05) is 27.4 Å². The number of benzene rings is 1.